The molecule has 0 atom stereocenters. The Bertz CT molecular complexity index is 575. The van der Waals surface area contributed by atoms with Gasteiger partial charge in [-0.05, 0) is 38.0 Å². The Hall–Kier alpha value is -1.97. The molecule has 0 aliphatic carbocycles. The average molecular weight is 273 g/mol. The number of rotatable bonds is 6. The zero-order chi connectivity index (χ0) is 14.5. The second-order valence-corrected chi connectivity index (χ2v) is 4.99. The lowest BCUT2D eigenvalue weighted by Gasteiger charge is -2.15. The quantitative estimate of drug-likeness (QED) is 0.875. The number of nitrogens with one attached hydrogen (secondary N) is 1. The van der Waals surface area contributed by atoms with Gasteiger partial charge in [-0.2, -0.15) is 5.10 Å². The summed E-state index contributed by atoms with van der Waals surface area (Å²) in [7, 11) is 1.72. The van der Waals surface area contributed by atoms with Crippen molar-refractivity contribution < 1.29 is 4.74 Å². The van der Waals surface area contributed by atoms with Crippen LogP contribution in [0, 0.1) is 13.8 Å². The molecule has 0 radical (unpaired) electrons. The molecule has 0 saturated heterocycles. The molecule has 20 heavy (non-hydrogen) atoms. The van der Waals surface area contributed by atoms with Gasteiger partial charge in [0.05, 0.1) is 19.3 Å². The maximum atomic E-state index is 5.46. The minimum atomic E-state index is 0.771. The lowest BCUT2D eigenvalue weighted by Crippen LogP contribution is -2.09. The summed E-state index contributed by atoms with van der Waals surface area (Å²) in [6, 6.07) is 6.24. The molecule has 0 aliphatic heterocycles. The SMILES string of the molecule is CCCn1nccc1CNc1ccc(C)c(OC)c1C. The molecule has 2 aromatic rings. The molecule has 0 spiro atoms. The number of anilines is 1. The van der Waals surface area contributed by atoms with E-state index in [9.17, 15) is 0 Å². The molecule has 0 saturated carbocycles. The highest BCUT2D eigenvalue weighted by Gasteiger charge is 2.08. The van der Waals surface area contributed by atoms with Crippen molar-refractivity contribution in [3.05, 3.63) is 41.2 Å². The first-order valence-electron chi connectivity index (χ1n) is 7.06. The minimum absolute atomic E-state index is 0.771. The Kier molecular flexibility index (Phi) is 4.66. The van der Waals surface area contributed by atoms with E-state index in [1.54, 1.807) is 7.11 Å². The van der Waals surface area contributed by atoms with Gasteiger partial charge in [0.1, 0.15) is 5.75 Å². The Labute approximate surface area is 120 Å². The van der Waals surface area contributed by atoms with E-state index in [1.807, 2.05) is 10.9 Å². The standard InChI is InChI=1S/C16H23N3O/c1-5-10-19-14(8-9-18-19)11-17-15-7-6-12(2)16(20-4)13(15)3/h6-9,17H,5,10-11H2,1-4H3. The second kappa shape index (κ2) is 6.46. The lowest BCUT2D eigenvalue weighted by molar-refractivity contribution is 0.409. The van der Waals surface area contributed by atoms with Gasteiger partial charge >= 0.3 is 0 Å². The van der Waals surface area contributed by atoms with E-state index in [-0.39, 0.29) is 0 Å². The maximum absolute atomic E-state index is 5.46. The largest absolute Gasteiger partial charge is 0.496 e. The van der Waals surface area contributed by atoms with Crippen LogP contribution in [-0.2, 0) is 13.1 Å². The Morgan fingerprint density at radius 2 is 2.05 bits per heavy atom. The van der Waals surface area contributed by atoms with E-state index >= 15 is 0 Å². The highest BCUT2D eigenvalue weighted by Crippen LogP contribution is 2.29. The molecule has 0 fully saturated rings. The van der Waals surface area contributed by atoms with Crippen molar-refractivity contribution in [3.63, 3.8) is 0 Å². The van der Waals surface area contributed by atoms with E-state index in [4.69, 9.17) is 4.74 Å². The van der Waals surface area contributed by atoms with Gasteiger partial charge in [0.2, 0.25) is 0 Å². The predicted octanol–water partition coefficient (Wildman–Crippen LogP) is 3.53. The van der Waals surface area contributed by atoms with Crippen LogP contribution in [0.3, 0.4) is 0 Å². The summed E-state index contributed by atoms with van der Waals surface area (Å²) < 4.78 is 7.51. The van der Waals surface area contributed by atoms with Gasteiger partial charge < -0.3 is 10.1 Å². The van der Waals surface area contributed by atoms with Crippen LogP contribution in [0.2, 0.25) is 0 Å². The molecule has 2 rings (SSSR count). The normalized spacial score (nSPS) is 10.6. The first-order chi connectivity index (χ1) is 9.67. The lowest BCUT2D eigenvalue weighted by atomic mass is 10.1. The minimum Gasteiger partial charge on any atom is -0.496 e. The van der Waals surface area contributed by atoms with E-state index in [0.717, 1.165) is 42.1 Å². The van der Waals surface area contributed by atoms with Gasteiger partial charge in [0, 0.05) is 24.0 Å². The third-order valence-electron chi connectivity index (χ3n) is 3.51. The first-order valence-corrected chi connectivity index (χ1v) is 7.06. The molecular formula is C16H23N3O. The van der Waals surface area contributed by atoms with Crippen molar-refractivity contribution in [1.82, 2.24) is 9.78 Å². The van der Waals surface area contributed by atoms with Crippen LogP contribution in [0.4, 0.5) is 5.69 Å². The van der Waals surface area contributed by atoms with E-state index in [2.05, 4.69) is 49.4 Å². The number of hydrogen-bond donors (Lipinski definition) is 1. The van der Waals surface area contributed by atoms with E-state index in [0.29, 0.717) is 0 Å². The Morgan fingerprint density at radius 3 is 2.75 bits per heavy atom. The molecule has 4 heteroatoms. The maximum Gasteiger partial charge on any atom is 0.126 e. The summed E-state index contributed by atoms with van der Waals surface area (Å²) >= 11 is 0. The summed E-state index contributed by atoms with van der Waals surface area (Å²) in [5.74, 6) is 0.956. The first kappa shape index (κ1) is 14.4. The number of aryl methyl sites for hydroxylation is 2. The summed E-state index contributed by atoms with van der Waals surface area (Å²) in [4.78, 5) is 0. The van der Waals surface area contributed by atoms with Crippen LogP contribution in [-0.4, -0.2) is 16.9 Å². The fraction of sp³-hybridized carbons (Fsp3) is 0.438. The van der Waals surface area contributed by atoms with Crippen LogP contribution in [0.25, 0.3) is 0 Å². The Morgan fingerprint density at radius 1 is 1.25 bits per heavy atom. The third kappa shape index (κ3) is 2.95. The van der Waals surface area contributed by atoms with Gasteiger partial charge in [-0.25, -0.2) is 0 Å². The van der Waals surface area contributed by atoms with Gasteiger partial charge in [-0.15, -0.1) is 0 Å². The van der Waals surface area contributed by atoms with Crippen LogP contribution in [0.1, 0.15) is 30.2 Å². The number of methoxy groups -OCH3 is 1. The molecule has 0 bridgehead atoms. The van der Waals surface area contributed by atoms with Gasteiger partial charge in [-0.1, -0.05) is 13.0 Å². The molecule has 4 nitrogen and oxygen atoms in total. The zero-order valence-electron chi connectivity index (χ0n) is 12.7. The van der Waals surface area contributed by atoms with E-state index in [1.165, 1.54) is 5.69 Å². The monoisotopic (exact) mass is 273 g/mol. The third-order valence-corrected chi connectivity index (χ3v) is 3.51. The molecule has 108 valence electrons. The number of benzene rings is 1. The number of hydrogen-bond acceptors (Lipinski definition) is 3. The second-order valence-electron chi connectivity index (χ2n) is 4.99. The molecule has 0 unspecified atom stereocenters. The predicted molar refractivity (Wildman–Crippen MR) is 82.3 cm³/mol. The van der Waals surface area contributed by atoms with Crippen molar-refractivity contribution >= 4 is 5.69 Å². The van der Waals surface area contributed by atoms with Crippen molar-refractivity contribution in [1.29, 1.82) is 0 Å². The topological polar surface area (TPSA) is 39.1 Å². The summed E-state index contributed by atoms with van der Waals surface area (Å²) in [6.07, 6.45) is 2.95. The van der Waals surface area contributed by atoms with Gasteiger partial charge in [0.15, 0.2) is 0 Å². The number of aromatic nitrogens is 2. The molecule has 1 aromatic carbocycles. The van der Waals surface area contributed by atoms with Crippen molar-refractivity contribution in [2.75, 3.05) is 12.4 Å². The smallest absolute Gasteiger partial charge is 0.126 e. The van der Waals surface area contributed by atoms with Crippen molar-refractivity contribution in [2.24, 2.45) is 0 Å². The molecule has 0 amide bonds. The molecular weight excluding hydrogens is 250 g/mol. The van der Waals surface area contributed by atoms with Gasteiger partial charge in [-0.3, -0.25) is 4.68 Å². The average Bonchev–Trinajstić information content (AvgIpc) is 2.86. The fourth-order valence-electron chi connectivity index (χ4n) is 2.44. The summed E-state index contributed by atoms with van der Waals surface area (Å²) in [5.41, 5.74) is 4.61. The van der Waals surface area contributed by atoms with E-state index < -0.39 is 0 Å². The molecule has 1 heterocycles. The van der Waals surface area contributed by atoms with Crippen LogP contribution >= 0.6 is 0 Å². The highest BCUT2D eigenvalue weighted by molar-refractivity contribution is 5.59. The fourth-order valence-corrected chi connectivity index (χ4v) is 2.44. The van der Waals surface area contributed by atoms with Crippen molar-refractivity contribution in [2.45, 2.75) is 40.3 Å². The van der Waals surface area contributed by atoms with Crippen LogP contribution < -0.4 is 10.1 Å². The van der Waals surface area contributed by atoms with Crippen LogP contribution in [0.15, 0.2) is 24.4 Å². The Balaban J connectivity index is 2.13. The molecule has 1 aromatic heterocycles. The van der Waals surface area contributed by atoms with Crippen molar-refractivity contribution in [3.8, 4) is 5.75 Å². The zero-order valence-corrected chi connectivity index (χ0v) is 12.7. The highest BCUT2D eigenvalue weighted by atomic mass is 16.5. The van der Waals surface area contributed by atoms with Gasteiger partial charge in [0.25, 0.3) is 0 Å². The summed E-state index contributed by atoms with van der Waals surface area (Å²) in [5, 5.41) is 7.82. The number of ether oxygens (including phenoxy) is 1. The summed E-state index contributed by atoms with van der Waals surface area (Å²) in [6.45, 7) is 8.03. The molecule has 0 aliphatic rings. The number of nitrogens with zero attached hydrogens (tertiary/aromatic N) is 2. The molecule has 1 N–H and O–H groups in total. The van der Waals surface area contributed by atoms with Crippen LogP contribution in [0.5, 0.6) is 5.75 Å².